The van der Waals surface area contributed by atoms with Crippen LogP contribution in [0, 0.1) is 38.9 Å². The molecule has 2 heterocycles. The molecule has 0 radical (unpaired) electrons. The first-order valence-corrected chi connectivity index (χ1v) is 6.52. The van der Waals surface area contributed by atoms with E-state index in [1.807, 2.05) is 18.2 Å². The summed E-state index contributed by atoms with van der Waals surface area (Å²) in [5, 5.41) is 24.6. The first-order chi connectivity index (χ1) is 9.98. The van der Waals surface area contributed by atoms with Gasteiger partial charge in [0.25, 0.3) is 0 Å². The molecule has 1 aliphatic carbocycles. The maximum absolute atomic E-state index is 12.4. The summed E-state index contributed by atoms with van der Waals surface area (Å²) >= 11 is 0. The molecule has 1 aromatic carbocycles. The molecular weight excluding hydrogens is 268 g/mol. The van der Waals surface area contributed by atoms with Gasteiger partial charge in [-0.05, 0) is 5.56 Å². The van der Waals surface area contributed by atoms with E-state index in [0.717, 1.165) is 0 Å². The Morgan fingerprint density at radius 3 is 1.86 bits per heavy atom. The number of fused-ring (bicyclic) bond motifs is 1. The Morgan fingerprint density at radius 1 is 0.952 bits per heavy atom. The molecule has 1 saturated carbocycles. The number of carbonyl (C=O) groups is 2. The summed E-state index contributed by atoms with van der Waals surface area (Å²) < 4.78 is 0. The highest BCUT2D eigenvalue weighted by Gasteiger charge is 3.06. The van der Waals surface area contributed by atoms with Crippen LogP contribution in [-0.4, -0.2) is 11.8 Å². The fourth-order valence-corrected chi connectivity index (χ4v) is 4.50. The number of hydrogen-bond acceptors (Lipinski definition) is 4. The van der Waals surface area contributed by atoms with E-state index in [1.54, 1.807) is 31.2 Å². The van der Waals surface area contributed by atoms with Crippen LogP contribution in [-0.2, 0) is 15.3 Å². The predicted molar refractivity (Wildman–Crippen MR) is 68.6 cm³/mol. The summed E-state index contributed by atoms with van der Waals surface area (Å²) in [4.78, 5) is 24.9. The SMILES string of the molecule is CC12C3(c4ccccc4)NC(=O)C1(C#N)C2(C#N)C(=O)N3. The van der Waals surface area contributed by atoms with Gasteiger partial charge in [-0.15, -0.1) is 0 Å². The lowest BCUT2D eigenvalue weighted by Crippen LogP contribution is -2.54. The van der Waals surface area contributed by atoms with Crippen molar-refractivity contribution >= 4 is 11.8 Å². The van der Waals surface area contributed by atoms with Gasteiger partial charge in [0.2, 0.25) is 11.8 Å². The molecule has 2 saturated heterocycles. The second-order valence-corrected chi connectivity index (χ2v) is 5.87. The van der Waals surface area contributed by atoms with Gasteiger partial charge < -0.3 is 10.6 Å². The number of carbonyl (C=O) groups excluding carboxylic acids is 2. The van der Waals surface area contributed by atoms with Crippen molar-refractivity contribution in [1.82, 2.24) is 10.6 Å². The summed E-state index contributed by atoms with van der Waals surface area (Å²) in [6.45, 7) is 1.65. The molecule has 2 unspecified atom stereocenters. The van der Waals surface area contributed by atoms with E-state index < -0.39 is 33.7 Å². The predicted octanol–water partition coefficient (Wildman–Crippen LogP) is 0.139. The largest absolute Gasteiger partial charge is 0.327 e. The quantitative estimate of drug-likeness (QED) is 0.762. The molecule has 6 nitrogen and oxygen atoms in total. The zero-order valence-electron chi connectivity index (χ0n) is 11.1. The van der Waals surface area contributed by atoms with Gasteiger partial charge in [0.1, 0.15) is 5.66 Å². The van der Waals surface area contributed by atoms with Gasteiger partial charge >= 0.3 is 0 Å². The van der Waals surface area contributed by atoms with Crippen LogP contribution >= 0.6 is 0 Å². The molecule has 2 aliphatic heterocycles. The second kappa shape index (κ2) is 2.91. The van der Waals surface area contributed by atoms with Crippen LogP contribution in [0.1, 0.15) is 12.5 Å². The van der Waals surface area contributed by atoms with Crippen molar-refractivity contribution in [3.8, 4) is 12.1 Å². The number of rotatable bonds is 1. The third-order valence-electron chi connectivity index (χ3n) is 5.58. The smallest absolute Gasteiger partial charge is 0.245 e. The van der Waals surface area contributed by atoms with Gasteiger partial charge in [-0.3, -0.25) is 9.59 Å². The third kappa shape index (κ3) is 0.734. The van der Waals surface area contributed by atoms with E-state index in [1.165, 1.54) is 0 Å². The number of nitrogens with one attached hydrogen (secondary N) is 2. The van der Waals surface area contributed by atoms with Crippen molar-refractivity contribution < 1.29 is 9.59 Å². The Balaban J connectivity index is 2.08. The Morgan fingerprint density at radius 2 is 1.43 bits per heavy atom. The molecule has 102 valence electrons. The summed E-state index contributed by atoms with van der Waals surface area (Å²) in [5.41, 5.74) is -4.89. The maximum atomic E-state index is 12.4. The molecule has 3 aliphatic rings. The van der Waals surface area contributed by atoms with Crippen LogP contribution < -0.4 is 10.6 Å². The Bertz CT molecular complexity index is 761. The molecule has 0 aromatic heterocycles. The maximum Gasteiger partial charge on any atom is 0.245 e. The Kier molecular flexibility index (Phi) is 1.66. The molecule has 0 spiro atoms. The van der Waals surface area contributed by atoms with Gasteiger partial charge in [-0.25, -0.2) is 0 Å². The fourth-order valence-electron chi connectivity index (χ4n) is 4.50. The molecule has 3 fully saturated rings. The number of hydrogen-bond donors (Lipinski definition) is 2. The zero-order valence-corrected chi connectivity index (χ0v) is 11.1. The molecule has 1 aromatic rings. The van der Waals surface area contributed by atoms with Crippen LogP contribution in [0.2, 0.25) is 0 Å². The minimum atomic E-state index is -1.62. The summed E-state index contributed by atoms with van der Waals surface area (Å²) in [6, 6.07) is 12.8. The van der Waals surface area contributed by atoms with E-state index in [4.69, 9.17) is 0 Å². The molecular formula is C15H10N4O2. The molecule has 4 rings (SSSR count). The van der Waals surface area contributed by atoms with Crippen molar-refractivity contribution in [2.24, 2.45) is 16.2 Å². The number of benzene rings is 1. The highest BCUT2D eigenvalue weighted by Crippen LogP contribution is 2.88. The standard InChI is InChI=1S/C15H10N4O2/c1-12-13(7-16)10(20)18-15(12,9-5-3-2-4-6-9)19-11(21)14(12,13)8-17/h2-6H,1H3,(H,18,20)(H,19,21). The topological polar surface area (TPSA) is 106 Å². The van der Waals surface area contributed by atoms with E-state index in [2.05, 4.69) is 10.6 Å². The van der Waals surface area contributed by atoms with E-state index in [-0.39, 0.29) is 0 Å². The van der Waals surface area contributed by atoms with Gasteiger partial charge in [-0.1, -0.05) is 37.3 Å². The molecule has 2 amide bonds. The first kappa shape index (κ1) is 11.9. The molecule has 0 bridgehead atoms. The zero-order chi connectivity index (χ0) is 15.1. The average Bonchev–Trinajstić information content (AvgIpc) is 2.89. The van der Waals surface area contributed by atoms with Crippen molar-refractivity contribution in [3.63, 3.8) is 0 Å². The molecule has 2 N–H and O–H groups in total. The lowest BCUT2D eigenvalue weighted by Gasteiger charge is -2.33. The molecule has 2 atom stereocenters. The molecule has 6 heteroatoms. The summed E-state index contributed by atoms with van der Waals surface area (Å²) in [6.07, 6.45) is 0. The van der Waals surface area contributed by atoms with Crippen LogP contribution in [0.25, 0.3) is 0 Å². The molecule has 21 heavy (non-hydrogen) atoms. The van der Waals surface area contributed by atoms with Crippen molar-refractivity contribution in [3.05, 3.63) is 35.9 Å². The van der Waals surface area contributed by atoms with Crippen LogP contribution in [0.15, 0.2) is 30.3 Å². The van der Waals surface area contributed by atoms with Crippen LogP contribution in [0.3, 0.4) is 0 Å². The van der Waals surface area contributed by atoms with Crippen LogP contribution in [0.4, 0.5) is 0 Å². The highest BCUT2D eigenvalue weighted by atomic mass is 16.2. The Hall–Kier alpha value is -2.86. The van der Waals surface area contributed by atoms with E-state index in [9.17, 15) is 20.1 Å². The summed E-state index contributed by atoms with van der Waals surface area (Å²) in [5.74, 6) is -1.12. The van der Waals surface area contributed by atoms with Gasteiger partial charge in [0.05, 0.1) is 17.6 Å². The second-order valence-electron chi connectivity index (χ2n) is 5.87. The van der Waals surface area contributed by atoms with Crippen LogP contribution in [0.5, 0.6) is 0 Å². The lowest BCUT2D eigenvalue weighted by atomic mass is 9.82. The normalized spacial score (nSPS) is 45.1. The third-order valence-corrected chi connectivity index (χ3v) is 5.58. The van der Waals surface area contributed by atoms with Gasteiger partial charge in [-0.2, -0.15) is 10.5 Å². The lowest BCUT2D eigenvalue weighted by molar-refractivity contribution is -0.128. The van der Waals surface area contributed by atoms with Crippen molar-refractivity contribution in [1.29, 1.82) is 10.5 Å². The number of amides is 2. The first-order valence-electron chi connectivity index (χ1n) is 6.52. The average molecular weight is 278 g/mol. The van der Waals surface area contributed by atoms with Crippen molar-refractivity contribution in [2.45, 2.75) is 12.6 Å². The Labute approximate surface area is 120 Å². The minimum absolute atomic E-state index is 0.559. The number of nitriles is 2. The number of piperidine rings is 2. The summed E-state index contributed by atoms with van der Waals surface area (Å²) in [7, 11) is 0. The van der Waals surface area contributed by atoms with Gasteiger partial charge in [0, 0.05) is 0 Å². The van der Waals surface area contributed by atoms with Crippen molar-refractivity contribution in [2.75, 3.05) is 0 Å². The van der Waals surface area contributed by atoms with E-state index in [0.29, 0.717) is 5.56 Å². The minimum Gasteiger partial charge on any atom is -0.327 e. The number of nitrogens with zero attached hydrogens (tertiary/aromatic N) is 2. The van der Waals surface area contributed by atoms with E-state index >= 15 is 0 Å². The van der Waals surface area contributed by atoms with Gasteiger partial charge in [0.15, 0.2) is 10.8 Å². The highest BCUT2D eigenvalue weighted by molar-refractivity contribution is 6.13. The fraction of sp³-hybridized carbons (Fsp3) is 0.333. The monoisotopic (exact) mass is 278 g/mol.